The van der Waals surface area contributed by atoms with E-state index in [1.165, 1.54) is 6.07 Å². The number of hydrogen-bond acceptors (Lipinski definition) is 6. The number of esters is 1. The summed E-state index contributed by atoms with van der Waals surface area (Å²) in [5, 5.41) is 22.6. The van der Waals surface area contributed by atoms with Crippen LogP contribution in [0.1, 0.15) is 36.7 Å². The normalized spacial score (nSPS) is 15.5. The van der Waals surface area contributed by atoms with E-state index in [1.807, 2.05) is 6.92 Å². The molecule has 0 amide bonds. The van der Waals surface area contributed by atoms with Gasteiger partial charge in [-0.15, -0.1) is 0 Å². The van der Waals surface area contributed by atoms with Crippen LogP contribution >= 0.6 is 0 Å². The first-order chi connectivity index (χ1) is 10.7. The first-order valence-electron chi connectivity index (χ1n) is 7.89. The molecule has 1 aromatic rings. The van der Waals surface area contributed by atoms with Gasteiger partial charge in [0.15, 0.2) is 0 Å². The Bertz CT molecular complexity index is 578. The zero-order chi connectivity index (χ0) is 17.2. The van der Waals surface area contributed by atoms with E-state index >= 15 is 0 Å². The van der Waals surface area contributed by atoms with Gasteiger partial charge >= 0.3 is 13.1 Å². The highest BCUT2D eigenvalue weighted by Gasteiger charge is 2.25. The molecule has 6 nitrogen and oxygen atoms in total. The molecule has 126 valence electrons. The maximum absolute atomic E-state index is 12.4. The predicted molar refractivity (Wildman–Crippen MR) is 91.3 cm³/mol. The van der Waals surface area contributed by atoms with Gasteiger partial charge in [-0.3, -0.25) is 0 Å². The van der Waals surface area contributed by atoms with Gasteiger partial charge in [-0.1, -0.05) is 0 Å². The highest BCUT2D eigenvalue weighted by atomic mass is 16.6. The van der Waals surface area contributed by atoms with Crippen LogP contribution in [0.4, 0.5) is 5.69 Å². The van der Waals surface area contributed by atoms with Gasteiger partial charge in [-0.05, 0) is 50.9 Å². The summed E-state index contributed by atoms with van der Waals surface area (Å²) in [5.41, 5.74) is 1.69. The molecule has 0 spiro atoms. The molecule has 0 radical (unpaired) electrons. The van der Waals surface area contributed by atoms with E-state index in [9.17, 15) is 14.8 Å². The number of carbonyl (C=O) groups is 1. The number of nitrogens with zero attached hydrogens (tertiary/aromatic N) is 1. The number of piperazine rings is 1. The first-order valence-corrected chi connectivity index (χ1v) is 7.89. The summed E-state index contributed by atoms with van der Waals surface area (Å²) < 4.78 is 5.41. The Morgan fingerprint density at radius 2 is 1.87 bits per heavy atom. The number of hydrogen-bond donors (Lipinski definition) is 3. The third-order valence-electron chi connectivity index (χ3n) is 3.79. The molecular weight excluding hydrogens is 295 g/mol. The minimum absolute atomic E-state index is 0.335. The number of anilines is 1. The highest BCUT2D eigenvalue weighted by Crippen LogP contribution is 2.23. The van der Waals surface area contributed by atoms with Crippen molar-refractivity contribution in [3.05, 3.63) is 23.3 Å². The fraction of sp³-hybridized carbons (Fsp3) is 0.562. The molecule has 3 N–H and O–H groups in total. The number of benzene rings is 1. The second-order valence-corrected chi connectivity index (χ2v) is 6.82. The third-order valence-corrected chi connectivity index (χ3v) is 3.79. The molecule has 0 aromatic heterocycles. The van der Waals surface area contributed by atoms with E-state index in [0.29, 0.717) is 11.0 Å². The molecule has 0 saturated carbocycles. The topological polar surface area (TPSA) is 82.0 Å². The van der Waals surface area contributed by atoms with Crippen molar-refractivity contribution in [3.63, 3.8) is 0 Å². The van der Waals surface area contributed by atoms with E-state index in [4.69, 9.17) is 4.74 Å². The summed E-state index contributed by atoms with van der Waals surface area (Å²) in [6.07, 6.45) is 0. The largest absolute Gasteiger partial charge is 0.488 e. The monoisotopic (exact) mass is 320 g/mol. The van der Waals surface area contributed by atoms with Crippen LogP contribution < -0.4 is 15.7 Å². The van der Waals surface area contributed by atoms with Crippen LogP contribution in [0, 0.1) is 6.92 Å². The Kier molecular flexibility index (Phi) is 5.34. The van der Waals surface area contributed by atoms with Crippen LogP contribution in [0.25, 0.3) is 0 Å². The smallest absolute Gasteiger partial charge is 0.456 e. The van der Waals surface area contributed by atoms with E-state index in [0.717, 1.165) is 37.4 Å². The van der Waals surface area contributed by atoms with E-state index in [2.05, 4.69) is 10.2 Å². The average Bonchev–Trinajstić information content (AvgIpc) is 2.46. The molecule has 0 aliphatic carbocycles. The summed E-state index contributed by atoms with van der Waals surface area (Å²) in [7, 11) is -1.63. The lowest BCUT2D eigenvalue weighted by molar-refractivity contribution is 0.00697. The van der Waals surface area contributed by atoms with Crippen LogP contribution in [-0.4, -0.2) is 54.9 Å². The number of rotatable bonds is 3. The van der Waals surface area contributed by atoms with Gasteiger partial charge in [0, 0.05) is 31.9 Å². The van der Waals surface area contributed by atoms with Gasteiger partial charge in [0.05, 0.1) is 5.56 Å². The van der Waals surface area contributed by atoms with Crippen molar-refractivity contribution < 1.29 is 19.6 Å². The molecular formula is C16H25BN2O4. The van der Waals surface area contributed by atoms with Gasteiger partial charge in [0.25, 0.3) is 0 Å². The summed E-state index contributed by atoms with van der Waals surface area (Å²) in [6, 6.07) is 3.28. The van der Waals surface area contributed by atoms with Crippen molar-refractivity contribution in [1.29, 1.82) is 0 Å². The molecule has 0 bridgehead atoms. The zero-order valence-corrected chi connectivity index (χ0v) is 14.2. The molecule has 0 unspecified atom stereocenters. The van der Waals surface area contributed by atoms with Crippen molar-refractivity contribution in [1.82, 2.24) is 5.32 Å². The van der Waals surface area contributed by atoms with Crippen molar-refractivity contribution in [2.45, 2.75) is 33.3 Å². The van der Waals surface area contributed by atoms with Crippen LogP contribution in [0.3, 0.4) is 0 Å². The Balaban J connectivity index is 2.42. The minimum Gasteiger partial charge on any atom is -0.456 e. The summed E-state index contributed by atoms with van der Waals surface area (Å²) >= 11 is 0. The SMILES string of the molecule is Cc1c(B(O)O)cc(C(=O)OC(C)(C)C)cc1N1CCNCC1. The maximum Gasteiger partial charge on any atom is 0.488 e. The maximum atomic E-state index is 12.4. The number of ether oxygens (including phenoxy) is 1. The summed E-state index contributed by atoms with van der Waals surface area (Å²) in [5.74, 6) is -0.462. The van der Waals surface area contributed by atoms with Gasteiger partial charge < -0.3 is 25.0 Å². The fourth-order valence-electron chi connectivity index (χ4n) is 2.68. The molecule has 1 aliphatic heterocycles. The lowest BCUT2D eigenvalue weighted by Gasteiger charge is -2.32. The van der Waals surface area contributed by atoms with Crippen LogP contribution in [0.5, 0.6) is 0 Å². The Morgan fingerprint density at radius 3 is 2.39 bits per heavy atom. The standard InChI is InChI=1S/C16H25BN2O4/c1-11-13(17(21)22)9-12(15(20)23-16(2,3)4)10-14(11)19-7-5-18-6-8-19/h9-10,18,21-22H,5-8H2,1-4H3. The predicted octanol–water partition coefficient (Wildman–Crippen LogP) is 0.0397. The molecule has 2 rings (SSSR count). The van der Waals surface area contributed by atoms with Crippen molar-refractivity contribution in [3.8, 4) is 0 Å². The summed E-state index contributed by atoms with van der Waals surface area (Å²) in [6.45, 7) is 10.6. The van der Waals surface area contributed by atoms with E-state index in [1.54, 1.807) is 26.8 Å². The Labute approximate surface area is 137 Å². The van der Waals surface area contributed by atoms with Crippen molar-refractivity contribution in [2.24, 2.45) is 0 Å². The fourth-order valence-corrected chi connectivity index (χ4v) is 2.68. The molecule has 0 atom stereocenters. The molecule has 1 aliphatic rings. The van der Waals surface area contributed by atoms with E-state index in [-0.39, 0.29) is 0 Å². The second kappa shape index (κ2) is 6.90. The van der Waals surface area contributed by atoms with Gasteiger partial charge in [-0.2, -0.15) is 0 Å². The lowest BCUT2D eigenvalue weighted by Crippen LogP contribution is -2.45. The van der Waals surface area contributed by atoms with Crippen molar-refractivity contribution in [2.75, 3.05) is 31.1 Å². The average molecular weight is 320 g/mol. The van der Waals surface area contributed by atoms with Crippen LogP contribution in [0.15, 0.2) is 12.1 Å². The molecule has 1 aromatic carbocycles. The highest BCUT2D eigenvalue weighted by molar-refractivity contribution is 6.59. The lowest BCUT2D eigenvalue weighted by atomic mass is 9.75. The number of carbonyl (C=O) groups excluding carboxylic acids is 1. The zero-order valence-electron chi connectivity index (χ0n) is 14.2. The quantitative estimate of drug-likeness (QED) is 0.539. The van der Waals surface area contributed by atoms with Crippen LogP contribution in [-0.2, 0) is 4.74 Å². The minimum atomic E-state index is -1.63. The molecule has 23 heavy (non-hydrogen) atoms. The second-order valence-electron chi connectivity index (χ2n) is 6.82. The molecule has 7 heteroatoms. The Morgan fingerprint density at radius 1 is 1.26 bits per heavy atom. The molecule has 1 saturated heterocycles. The third kappa shape index (κ3) is 4.47. The van der Waals surface area contributed by atoms with Gasteiger partial charge in [-0.25, -0.2) is 4.79 Å². The summed E-state index contributed by atoms with van der Waals surface area (Å²) in [4.78, 5) is 14.5. The number of nitrogens with one attached hydrogen (secondary N) is 1. The van der Waals surface area contributed by atoms with Gasteiger partial charge in [0.2, 0.25) is 0 Å². The van der Waals surface area contributed by atoms with Crippen LogP contribution in [0.2, 0.25) is 0 Å². The van der Waals surface area contributed by atoms with Crippen molar-refractivity contribution >= 4 is 24.2 Å². The molecule has 1 heterocycles. The van der Waals surface area contributed by atoms with E-state index < -0.39 is 18.7 Å². The Hall–Kier alpha value is -1.57. The first kappa shape index (κ1) is 17.8. The van der Waals surface area contributed by atoms with Gasteiger partial charge in [0.1, 0.15) is 5.60 Å². The molecule has 1 fully saturated rings.